The molecular formula is C17H21FN4O2. The van der Waals surface area contributed by atoms with Gasteiger partial charge in [0.2, 0.25) is 11.8 Å². The van der Waals surface area contributed by atoms with E-state index in [9.17, 15) is 14.0 Å². The lowest BCUT2D eigenvalue weighted by Crippen LogP contribution is -2.50. The van der Waals surface area contributed by atoms with Gasteiger partial charge in [-0.25, -0.2) is 14.4 Å². The number of halogens is 1. The molecule has 1 aromatic heterocycles. The van der Waals surface area contributed by atoms with Gasteiger partial charge in [-0.15, -0.1) is 0 Å². The Balaban J connectivity index is 1.40. The SMILES string of the molecule is O=C(C1CC(F)C1)N1CCC2(CC1)CCN(c1cncnc1)C2=O. The number of hydrogen-bond acceptors (Lipinski definition) is 4. The van der Waals surface area contributed by atoms with Crippen molar-refractivity contribution in [3.8, 4) is 0 Å². The summed E-state index contributed by atoms with van der Waals surface area (Å²) in [5, 5.41) is 0. The van der Waals surface area contributed by atoms with Crippen molar-refractivity contribution < 1.29 is 14.0 Å². The molecule has 1 aliphatic carbocycles. The number of carbonyl (C=O) groups excluding carboxylic acids is 2. The highest BCUT2D eigenvalue weighted by Crippen LogP contribution is 2.43. The zero-order valence-corrected chi connectivity index (χ0v) is 13.5. The van der Waals surface area contributed by atoms with E-state index in [1.807, 2.05) is 4.90 Å². The molecule has 2 amide bonds. The molecule has 4 rings (SSSR count). The van der Waals surface area contributed by atoms with Crippen molar-refractivity contribution in [2.75, 3.05) is 24.5 Å². The minimum absolute atomic E-state index is 0.0671. The lowest BCUT2D eigenvalue weighted by Gasteiger charge is -2.41. The van der Waals surface area contributed by atoms with Crippen molar-refractivity contribution >= 4 is 17.5 Å². The van der Waals surface area contributed by atoms with Gasteiger partial charge in [0.15, 0.2) is 0 Å². The maximum atomic E-state index is 13.0. The summed E-state index contributed by atoms with van der Waals surface area (Å²) in [4.78, 5) is 36.8. The second-order valence-corrected chi connectivity index (χ2v) is 7.17. The summed E-state index contributed by atoms with van der Waals surface area (Å²) < 4.78 is 13.0. The van der Waals surface area contributed by atoms with Crippen LogP contribution in [0, 0.1) is 11.3 Å². The fourth-order valence-corrected chi connectivity index (χ4v) is 4.12. The predicted octanol–water partition coefficient (Wildman–Crippen LogP) is 1.57. The third kappa shape index (κ3) is 2.46. The zero-order valence-electron chi connectivity index (χ0n) is 13.5. The van der Waals surface area contributed by atoms with Gasteiger partial charge in [0, 0.05) is 25.6 Å². The van der Waals surface area contributed by atoms with Crippen LogP contribution >= 0.6 is 0 Å². The second kappa shape index (κ2) is 5.79. The number of alkyl halides is 1. The zero-order chi connectivity index (χ0) is 16.7. The monoisotopic (exact) mass is 332 g/mol. The molecule has 0 N–H and O–H groups in total. The molecule has 24 heavy (non-hydrogen) atoms. The topological polar surface area (TPSA) is 66.4 Å². The molecule has 0 atom stereocenters. The van der Waals surface area contributed by atoms with Crippen LogP contribution in [0.1, 0.15) is 32.1 Å². The van der Waals surface area contributed by atoms with Gasteiger partial charge >= 0.3 is 0 Å². The van der Waals surface area contributed by atoms with Crippen molar-refractivity contribution in [2.45, 2.75) is 38.3 Å². The minimum atomic E-state index is -0.812. The molecule has 1 spiro atoms. The Hall–Kier alpha value is -2.05. The second-order valence-electron chi connectivity index (χ2n) is 7.17. The summed E-state index contributed by atoms with van der Waals surface area (Å²) in [7, 11) is 0. The van der Waals surface area contributed by atoms with Gasteiger partial charge in [-0.2, -0.15) is 0 Å². The normalized spacial score (nSPS) is 29.0. The summed E-state index contributed by atoms with van der Waals surface area (Å²) in [6, 6.07) is 0. The van der Waals surface area contributed by atoms with E-state index in [2.05, 4.69) is 9.97 Å². The maximum absolute atomic E-state index is 13.0. The number of anilines is 1. The highest BCUT2D eigenvalue weighted by Gasteiger charge is 2.50. The highest BCUT2D eigenvalue weighted by atomic mass is 19.1. The first kappa shape index (κ1) is 15.5. The number of aromatic nitrogens is 2. The molecule has 1 saturated carbocycles. The smallest absolute Gasteiger partial charge is 0.233 e. The Labute approximate surface area is 140 Å². The number of amides is 2. The Morgan fingerprint density at radius 1 is 1.12 bits per heavy atom. The van der Waals surface area contributed by atoms with Crippen LogP contribution in [-0.4, -0.2) is 52.5 Å². The first-order valence-electron chi connectivity index (χ1n) is 8.59. The Kier molecular flexibility index (Phi) is 3.73. The van der Waals surface area contributed by atoms with Gasteiger partial charge in [-0.3, -0.25) is 9.59 Å². The van der Waals surface area contributed by atoms with Crippen LogP contribution in [0.3, 0.4) is 0 Å². The number of hydrogen-bond donors (Lipinski definition) is 0. The first-order valence-corrected chi connectivity index (χ1v) is 8.59. The first-order chi connectivity index (χ1) is 11.6. The Bertz CT molecular complexity index is 639. The number of carbonyl (C=O) groups is 2. The quantitative estimate of drug-likeness (QED) is 0.824. The molecule has 3 heterocycles. The van der Waals surface area contributed by atoms with E-state index >= 15 is 0 Å². The summed E-state index contributed by atoms with van der Waals surface area (Å²) in [5.41, 5.74) is 0.371. The predicted molar refractivity (Wildman–Crippen MR) is 84.9 cm³/mol. The lowest BCUT2D eigenvalue weighted by molar-refractivity contribution is -0.145. The third-order valence-corrected chi connectivity index (χ3v) is 5.83. The van der Waals surface area contributed by atoms with Crippen LogP contribution in [0.15, 0.2) is 18.7 Å². The molecule has 0 aromatic carbocycles. The Morgan fingerprint density at radius 3 is 2.38 bits per heavy atom. The van der Waals surface area contributed by atoms with Crippen molar-refractivity contribution in [3.63, 3.8) is 0 Å². The minimum Gasteiger partial charge on any atom is -0.342 e. The van der Waals surface area contributed by atoms with E-state index < -0.39 is 6.17 Å². The van der Waals surface area contributed by atoms with Crippen LogP contribution in [0.2, 0.25) is 0 Å². The molecular weight excluding hydrogens is 311 g/mol. The van der Waals surface area contributed by atoms with E-state index in [1.165, 1.54) is 6.33 Å². The van der Waals surface area contributed by atoms with Crippen LogP contribution in [0.4, 0.5) is 10.1 Å². The molecule has 2 saturated heterocycles. The van der Waals surface area contributed by atoms with E-state index in [4.69, 9.17) is 0 Å². The molecule has 7 heteroatoms. The maximum Gasteiger partial charge on any atom is 0.233 e. The highest BCUT2D eigenvalue weighted by molar-refractivity contribution is 5.99. The number of piperidine rings is 1. The number of nitrogens with zero attached hydrogens (tertiary/aromatic N) is 4. The summed E-state index contributed by atoms with van der Waals surface area (Å²) in [6.45, 7) is 1.86. The van der Waals surface area contributed by atoms with Gasteiger partial charge in [-0.1, -0.05) is 0 Å². The van der Waals surface area contributed by atoms with Crippen molar-refractivity contribution in [1.82, 2.24) is 14.9 Å². The lowest BCUT2D eigenvalue weighted by atomic mass is 9.76. The molecule has 2 aliphatic heterocycles. The average Bonchev–Trinajstić information content (AvgIpc) is 2.90. The standard InChI is InChI=1S/C17H21FN4O2/c18-13-7-12(8-13)15(23)21-4-1-17(2-5-21)3-6-22(16(17)24)14-9-19-11-20-10-14/h9-13H,1-8H2. The average molecular weight is 332 g/mol. The van der Waals surface area contributed by atoms with Gasteiger partial charge < -0.3 is 9.80 Å². The molecule has 1 aromatic rings. The van der Waals surface area contributed by atoms with Crippen molar-refractivity contribution in [1.29, 1.82) is 0 Å². The largest absolute Gasteiger partial charge is 0.342 e. The molecule has 0 unspecified atom stereocenters. The van der Waals surface area contributed by atoms with E-state index in [0.29, 0.717) is 45.3 Å². The fraction of sp³-hybridized carbons (Fsp3) is 0.647. The fourth-order valence-electron chi connectivity index (χ4n) is 4.12. The molecule has 0 radical (unpaired) electrons. The van der Waals surface area contributed by atoms with E-state index in [1.54, 1.807) is 17.3 Å². The summed E-state index contributed by atoms with van der Waals surface area (Å²) >= 11 is 0. The summed E-state index contributed by atoms with van der Waals surface area (Å²) in [5.74, 6) is 0.0423. The van der Waals surface area contributed by atoms with Gasteiger partial charge in [0.25, 0.3) is 0 Å². The summed E-state index contributed by atoms with van der Waals surface area (Å²) in [6.07, 6.45) is 6.86. The molecule has 6 nitrogen and oxygen atoms in total. The van der Waals surface area contributed by atoms with E-state index in [-0.39, 0.29) is 23.1 Å². The third-order valence-electron chi connectivity index (χ3n) is 5.83. The van der Waals surface area contributed by atoms with Gasteiger partial charge in [0.05, 0.1) is 23.5 Å². The van der Waals surface area contributed by atoms with E-state index in [0.717, 1.165) is 12.1 Å². The van der Waals surface area contributed by atoms with Crippen LogP contribution < -0.4 is 4.90 Å². The van der Waals surface area contributed by atoms with Crippen molar-refractivity contribution in [2.24, 2.45) is 11.3 Å². The van der Waals surface area contributed by atoms with Crippen LogP contribution in [0.25, 0.3) is 0 Å². The van der Waals surface area contributed by atoms with Gasteiger partial charge in [0.1, 0.15) is 12.5 Å². The molecule has 3 fully saturated rings. The number of rotatable bonds is 2. The molecule has 3 aliphatic rings. The van der Waals surface area contributed by atoms with Crippen molar-refractivity contribution in [3.05, 3.63) is 18.7 Å². The number of likely N-dealkylation sites (tertiary alicyclic amines) is 1. The van der Waals surface area contributed by atoms with Gasteiger partial charge in [-0.05, 0) is 32.1 Å². The Morgan fingerprint density at radius 2 is 1.75 bits per heavy atom. The van der Waals surface area contributed by atoms with Crippen LogP contribution in [-0.2, 0) is 9.59 Å². The molecule has 128 valence electrons. The van der Waals surface area contributed by atoms with Crippen LogP contribution in [0.5, 0.6) is 0 Å². The molecule has 0 bridgehead atoms.